The van der Waals surface area contributed by atoms with Crippen molar-refractivity contribution >= 4 is 0 Å². The van der Waals surface area contributed by atoms with Crippen LogP contribution in [0.5, 0.6) is 11.5 Å². The molecule has 100 valence electrons. The first kappa shape index (κ1) is 12.0. The van der Waals surface area contributed by atoms with Crippen molar-refractivity contribution < 1.29 is 9.47 Å². The number of ether oxygens (including phenoxy) is 2. The van der Waals surface area contributed by atoms with Gasteiger partial charge in [-0.1, -0.05) is 6.92 Å². The zero-order chi connectivity index (χ0) is 13.2. The molecule has 1 unspecified atom stereocenters. The molecule has 3 N–H and O–H groups in total. The van der Waals surface area contributed by atoms with Gasteiger partial charge < -0.3 is 20.2 Å². The van der Waals surface area contributed by atoms with Crippen LogP contribution >= 0.6 is 0 Å². The molecule has 0 bridgehead atoms. The summed E-state index contributed by atoms with van der Waals surface area (Å²) in [5.41, 5.74) is 7.60. The van der Waals surface area contributed by atoms with Crippen molar-refractivity contribution in [3.8, 4) is 22.8 Å². The standard InChI is InChI=1S/C14H17N3O2/c1-9(4-5-15)14-16-7-11(17-14)10-2-3-12-13(6-10)19-8-18-12/h2-3,6-7,9H,4-5,8,15H2,1H3,(H,16,17). The molecular weight excluding hydrogens is 242 g/mol. The van der Waals surface area contributed by atoms with E-state index in [0.717, 1.165) is 35.0 Å². The number of nitrogens with two attached hydrogens (primary N) is 1. The molecule has 5 nitrogen and oxygen atoms in total. The van der Waals surface area contributed by atoms with Gasteiger partial charge in [0.1, 0.15) is 5.82 Å². The van der Waals surface area contributed by atoms with Crippen LogP contribution in [0.3, 0.4) is 0 Å². The van der Waals surface area contributed by atoms with E-state index in [2.05, 4.69) is 16.9 Å². The van der Waals surface area contributed by atoms with Crippen LogP contribution in [-0.4, -0.2) is 23.3 Å². The Balaban J connectivity index is 1.86. The summed E-state index contributed by atoms with van der Waals surface area (Å²) in [5.74, 6) is 2.88. The van der Waals surface area contributed by atoms with Gasteiger partial charge in [0.15, 0.2) is 11.5 Å². The van der Waals surface area contributed by atoms with Gasteiger partial charge in [0.2, 0.25) is 6.79 Å². The van der Waals surface area contributed by atoms with Crippen LogP contribution in [-0.2, 0) is 0 Å². The highest BCUT2D eigenvalue weighted by atomic mass is 16.7. The molecule has 1 atom stereocenters. The van der Waals surface area contributed by atoms with Crippen LogP contribution in [0.4, 0.5) is 0 Å². The Labute approximate surface area is 111 Å². The quantitative estimate of drug-likeness (QED) is 0.883. The van der Waals surface area contributed by atoms with Gasteiger partial charge in [-0.3, -0.25) is 0 Å². The Hall–Kier alpha value is -2.01. The largest absolute Gasteiger partial charge is 0.454 e. The zero-order valence-corrected chi connectivity index (χ0v) is 10.8. The number of aromatic nitrogens is 2. The highest BCUT2D eigenvalue weighted by Crippen LogP contribution is 2.35. The highest BCUT2D eigenvalue weighted by Gasteiger charge is 2.15. The van der Waals surface area contributed by atoms with Crippen LogP contribution < -0.4 is 15.2 Å². The summed E-state index contributed by atoms with van der Waals surface area (Å²) in [6, 6.07) is 5.88. The third-order valence-corrected chi connectivity index (χ3v) is 3.35. The third kappa shape index (κ3) is 2.29. The second kappa shape index (κ2) is 4.93. The van der Waals surface area contributed by atoms with E-state index in [1.54, 1.807) is 0 Å². The van der Waals surface area contributed by atoms with Crippen molar-refractivity contribution in [2.75, 3.05) is 13.3 Å². The number of nitrogens with one attached hydrogen (secondary N) is 1. The zero-order valence-electron chi connectivity index (χ0n) is 10.8. The number of nitrogens with zero attached hydrogens (tertiary/aromatic N) is 1. The number of fused-ring (bicyclic) bond motifs is 1. The topological polar surface area (TPSA) is 73.2 Å². The Morgan fingerprint density at radius 2 is 2.21 bits per heavy atom. The molecule has 19 heavy (non-hydrogen) atoms. The van der Waals surface area contributed by atoms with Crippen LogP contribution in [0.1, 0.15) is 25.1 Å². The minimum absolute atomic E-state index is 0.292. The molecule has 3 rings (SSSR count). The Morgan fingerprint density at radius 3 is 3.05 bits per heavy atom. The number of rotatable bonds is 4. The number of hydrogen-bond donors (Lipinski definition) is 2. The smallest absolute Gasteiger partial charge is 0.231 e. The van der Waals surface area contributed by atoms with E-state index in [0.29, 0.717) is 19.3 Å². The molecule has 0 saturated heterocycles. The first-order valence-corrected chi connectivity index (χ1v) is 6.43. The number of H-pyrrole nitrogens is 1. The molecule has 2 heterocycles. The lowest BCUT2D eigenvalue weighted by atomic mass is 10.1. The minimum Gasteiger partial charge on any atom is -0.454 e. The number of hydrogen-bond acceptors (Lipinski definition) is 4. The lowest BCUT2D eigenvalue weighted by molar-refractivity contribution is 0.174. The van der Waals surface area contributed by atoms with Crippen molar-refractivity contribution in [3.05, 3.63) is 30.2 Å². The van der Waals surface area contributed by atoms with Crippen molar-refractivity contribution in [3.63, 3.8) is 0 Å². The molecule has 0 spiro atoms. The van der Waals surface area contributed by atoms with Crippen molar-refractivity contribution in [1.29, 1.82) is 0 Å². The molecule has 5 heteroatoms. The van der Waals surface area contributed by atoms with Gasteiger partial charge in [-0.05, 0) is 31.2 Å². The second-order valence-electron chi connectivity index (χ2n) is 4.73. The molecule has 0 fully saturated rings. The lowest BCUT2D eigenvalue weighted by Gasteiger charge is -2.05. The molecule has 0 radical (unpaired) electrons. The first-order valence-electron chi connectivity index (χ1n) is 6.43. The van der Waals surface area contributed by atoms with Crippen LogP contribution in [0, 0.1) is 0 Å². The van der Waals surface area contributed by atoms with E-state index in [4.69, 9.17) is 15.2 Å². The molecule has 2 aromatic rings. The summed E-state index contributed by atoms with van der Waals surface area (Å²) >= 11 is 0. The van der Waals surface area contributed by atoms with Crippen LogP contribution in [0.2, 0.25) is 0 Å². The van der Waals surface area contributed by atoms with E-state index in [9.17, 15) is 0 Å². The minimum atomic E-state index is 0.292. The van der Waals surface area contributed by atoms with E-state index in [1.807, 2.05) is 24.4 Å². The van der Waals surface area contributed by atoms with E-state index >= 15 is 0 Å². The predicted molar refractivity (Wildman–Crippen MR) is 72.2 cm³/mol. The monoisotopic (exact) mass is 259 g/mol. The fourth-order valence-corrected chi connectivity index (χ4v) is 2.18. The van der Waals surface area contributed by atoms with E-state index in [-0.39, 0.29) is 0 Å². The molecule has 1 aromatic carbocycles. The molecule has 0 amide bonds. The van der Waals surface area contributed by atoms with Gasteiger partial charge in [-0.25, -0.2) is 4.98 Å². The summed E-state index contributed by atoms with van der Waals surface area (Å²) in [5, 5.41) is 0. The number of benzene rings is 1. The van der Waals surface area contributed by atoms with E-state index < -0.39 is 0 Å². The van der Waals surface area contributed by atoms with Crippen LogP contribution in [0.25, 0.3) is 11.3 Å². The SMILES string of the molecule is CC(CCN)c1ncc(-c2ccc3c(c2)OCO3)[nH]1. The normalized spacial score (nSPS) is 14.6. The van der Waals surface area contributed by atoms with Gasteiger partial charge in [-0.2, -0.15) is 0 Å². The fourth-order valence-electron chi connectivity index (χ4n) is 2.18. The average molecular weight is 259 g/mol. The Morgan fingerprint density at radius 1 is 1.37 bits per heavy atom. The summed E-state index contributed by atoms with van der Waals surface area (Å²) in [7, 11) is 0. The van der Waals surface area contributed by atoms with Gasteiger partial charge in [-0.15, -0.1) is 0 Å². The van der Waals surface area contributed by atoms with Crippen molar-refractivity contribution in [1.82, 2.24) is 9.97 Å². The Kier molecular flexibility index (Phi) is 3.13. The Bertz CT molecular complexity index is 580. The van der Waals surface area contributed by atoms with E-state index in [1.165, 1.54) is 0 Å². The molecule has 0 saturated carbocycles. The summed E-state index contributed by atoms with van der Waals surface area (Å²) in [6.07, 6.45) is 2.77. The average Bonchev–Trinajstić information content (AvgIpc) is 3.07. The number of aromatic amines is 1. The number of imidazole rings is 1. The maximum absolute atomic E-state index is 5.57. The molecular formula is C14H17N3O2. The summed E-state index contributed by atoms with van der Waals surface area (Å²) < 4.78 is 10.7. The second-order valence-corrected chi connectivity index (χ2v) is 4.73. The van der Waals surface area contributed by atoms with Gasteiger partial charge in [0, 0.05) is 11.5 Å². The maximum Gasteiger partial charge on any atom is 0.231 e. The van der Waals surface area contributed by atoms with Gasteiger partial charge >= 0.3 is 0 Å². The molecule has 1 aliphatic heterocycles. The first-order chi connectivity index (χ1) is 9.28. The highest BCUT2D eigenvalue weighted by molar-refractivity contribution is 5.64. The summed E-state index contributed by atoms with van der Waals surface area (Å²) in [4.78, 5) is 7.76. The lowest BCUT2D eigenvalue weighted by Crippen LogP contribution is -2.05. The fraction of sp³-hybridized carbons (Fsp3) is 0.357. The predicted octanol–water partition coefficient (Wildman–Crippen LogP) is 2.26. The third-order valence-electron chi connectivity index (χ3n) is 3.35. The van der Waals surface area contributed by atoms with Gasteiger partial charge in [0.05, 0.1) is 11.9 Å². The maximum atomic E-state index is 5.57. The molecule has 0 aliphatic carbocycles. The molecule has 1 aliphatic rings. The van der Waals surface area contributed by atoms with Crippen molar-refractivity contribution in [2.24, 2.45) is 5.73 Å². The van der Waals surface area contributed by atoms with Crippen molar-refractivity contribution in [2.45, 2.75) is 19.3 Å². The van der Waals surface area contributed by atoms with Gasteiger partial charge in [0.25, 0.3) is 0 Å². The van der Waals surface area contributed by atoms with Crippen LogP contribution in [0.15, 0.2) is 24.4 Å². The summed E-state index contributed by atoms with van der Waals surface area (Å²) in [6.45, 7) is 3.08. The molecule has 1 aromatic heterocycles.